The first-order valence-electron chi connectivity index (χ1n) is 6.82. The van der Waals surface area contributed by atoms with Gasteiger partial charge < -0.3 is 10.6 Å². The maximum atomic E-state index is 11.8. The Bertz CT molecular complexity index is 422. The molecule has 0 saturated carbocycles. The summed E-state index contributed by atoms with van der Waals surface area (Å²) in [6, 6.07) is 2.61. The number of amides is 1. The van der Waals surface area contributed by atoms with Crippen molar-refractivity contribution in [1.82, 2.24) is 20.0 Å². The van der Waals surface area contributed by atoms with E-state index in [4.69, 9.17) is 0 Å². The van der Waals surface area contributed by atoms with Crippen LogP contribution < -0.4 is 10.6 Å². The second-order valence-electron chi connectivity index (χ2n) is 5.38. The third-order valence-corrected chi connectivity index (χ3v) is 3.56. The van der Waals surface area contributed by atoms with Crippen molar-refractivity contribution in [1.29, 1.82) is 0 Å². The van der Waals surface area contributed by atoms with Crippen LogP contribution in [-0.2, 0) is 4.79 Å². The number of anilines is 1. The lowest BCUT2D eigenvalue weighted by Gasteiger charge is -2.19. The summed E-state index contributed by atoms with van der Waals surface area (Å²) in [6.07, 6.45) is 3.02. The van der Waals surface area contributed by atoms with E-state index in [1.54, 1.807) is 0 Å². The van der Waals surface area contributed by atoms with E-state index in [-0.39, 0.29) is 5.91 Å². The van der Waals surface area contributed by atoms with Crippen molar-refractivity contribution < 1.29 is 4.79 Å². The van der Waals surface area contributed by atoms with Crippen LogP contribution in [0.25, 0.3) is 0 Å². The molecule has 2 N–H and O–H groups in total. The molecule has 1 fully saturated rings. The third-order valence-electron chi connectivity index (χ3n) is 3.56. The fourth-order valence-corrected chi connectivity index (χ4v) is 2.06. The Balaban J connectivity index is 1.87. The Labute approximate surface area is 114 Å². The third kappa shape index (κ3) is 3.78. The SMILES string of the molecule is CC(C)N(C)CC(=O)Nc1ccn(C2CCNC2)n1. The van der Waals surface area contributed by atoms with Gasteiger partial charge in [-0.05, 0) is 33.9 Å². The summed E-state index contributed by atoms with van der Waals surface area (Å²) in [5.74, 6) is 0.611. The van der Waals surface area contributed by atoms with Crippen LogP contribution in [0.3, 0.4) is 0 Å². The Hall–Kier alpha value is -1.40. The van der Waals surface area contributed by atoms with Gasteiger partial charge in [-0.2, -0.15) is 5.10 Å². The number of carbonyl (C=O) groups is 1. The predicted octanol–water partition coefficient (Wildman–Crippen LogP) is 0.696. The molecular weight excluding hydrogens is 242 g/mol. The first kappa shape index (κ1) is 14.0. The van der Waals surface area contributed by atoms with Crippen molar-refractivity contribution in [2.75, 3.05) is 32.0 Å². The van der Waals surface area contributed by atoms with E-state index < -0.39 is 0 Å². The molecule has 1 aliphatic heterocycles. The molecule has 1 atom stereocenters. The molecule has 1 unspecified atom stereocenters. The molecule has 0 bridgehead atoms. The number of rotatable bonds is 5. The molecule has 1 aliphatic rings. The molecule has 1 amide bonds. The predicted molar refractivity (Wildman–Crippen MR) is 75.1 cm³/mol. The van der Waals surface area contributed by atoms with Crippen molar-refractivity contribution in [2.45, 2.75) is 32.4 Å². The largest absolute Gasteiger partial charge is 0.315 e. The maximum absolute atomic E-state index is 11.8. The van der Waals surface area contributed by atoms with Crippen LogP contribution in [0.5, 0.6) is 0 Å². The van der Waals surface area contributed by atoms with Gasteiger partial charge in [0.15, 0.2) is 5.82 Å². The summed E-state index contributed by atoms with van der Waals surface area (Å²) in [4.78, 5) is 13.8. The number of nitrogens with one attached hydrogen (secondary N) is 2. The molecule has 0 aromatic carbocycles. The van der Waals surface area contributed by atoms with Gasteiger partial charge in [0.2, 0.25) is 5.91 Å². The summed E-state index contributed by atoms with van der Waals surface area (Å²) in [7, 11) is 1.94. The summed E-state index contributed by atoms with van der Waals surface area (Å²) in [5.41, 5.74) is 0. The summed E-state index contributed by atoms with van der Waals surface area (Å²) in [5, 5.41) is 10.6. The molecule has 6 heteroatoms. The molecule has 1 aromatic rings. The highest BCUT2D eigenvalue weighted by Gasteiger charge is 2.17. The smallest absolute Gasteiger partial charge is 0.239 e. The van der Waals surface area contributed by atoms with Crippen LogP contribution in [0.4, 0.5) is 5.82 Å². The first-order chi connectivity index (χ1) is 9.06. The van der Waals surface area contributed by atoms with Crippen LogP contribution in [0.2, 0.25) is 0 Å². The minimum absolute atomic E-state index is 0.0222. The van der Waals surface area contributed by atoms with Crippen LogP contribution in [0, 0.1) is 0 Å². The van der Waals surface area contributed by atoms with E-state index in [0.29, 0.717) is 24.4 Å². The minimum Gasteiger partial charge on any atom is -0.315 e. The van der Waals surface area contributed by atoms with Crippen molar-refractivity contribution in [3.63, 3.8) is 0 Å². The highest BCUT2D eigenvalue weighted by atomic mass is 16.2. The van der Waals surface area contributed by atoms with Crippen LogP contribution >= 0.6 is 0 Å². The molecule has 0 aliphatic carbocycles. The van der Waals surface area contributed by atoms with Gasteiger partial charge in [-0.1, -0.05) is 0 Å². The van der Waals surface area contributed by atoms with E-state index in [9.17, 15) is 4.79 Å². The van der Waals surface area contributed by atoms with E-state index in [1.807, 2.05) is 28.9 Å². The normalized spacial score (nSPS) is 19.3. The Morgan fingerprint density at radius 1 is 1.68 bits per heavy atom. The molecule has 106 valence electrons. The van der Waals surface area contributed by atoms with Gasteiger partial charge in [0.05, 0.1) is 12.6 Å². The van der Waals surface area contributed by atoms with Gasteiger partial charge in [0, 0.05) is 24.8 Å². The van der Waals surface area contributed by atoms with Crippen molar-refractivity contribution in [2.24, 2.45) is 0 Å². The molecule has 19 heavy (non-hydrogen) atoms. The molecule has 1 saturated heterocycles. The maximum Gasteiger partial charge on any atom is 0.239 e. The zero-order valence-corrected chi connectivity index (χ0v) is 11.9. The number of hydrogen-bond acceptors (Lipinski definition) is 4. The fourth-order valence-electron chi connectivity index (χ4n) is 2.06. The number of nitrogens with zero attached hydrogens (tertiary/aromatic N) is 3. The topological polar surface area (TPSA) is 62.2 Å². The molecule has 1 aromatic heterocycles. The fraction of sp³-hybridized carbons (Fsp3) is 0.692. The molecule has 2 rings (SSSR count). The first-order valence-corrected chi connectivity index (χ1v) is 6.82. The average molecular weight is 265 g/mol. The zero-order chi connectivity index (χ0) is 13.8. The van der Waals surface area contributed by atoms with Crippen LogP contribution in [-0.4, -0.2) is 53.3 Å². The monoisotopic (exact) mass is 265 g/mol. The lowest BCUT2D eigenvalue weighted by Crippen LogP contribution is -2.34. The highest BCUT2D eigenvalue weighted by molar-refractivity contribution is 5.91. The van der Waals surface area contributed by atoms with Crippen molar-refractivity contribution in [3.8, 4) is 0 Å². The Morgan fingerprint density at radius 3 is 3.11 bits per heavy atom. The van der Waals surface area contributed by atoms with Gasteiger partial charge in [-0.15, -0.1) is 0 Å². The van der Waals surface area contributed by atoms with Gasteiger partial charge in [-0.3, -0.25) is 14.4 Å². The Morgan fingerprint density at radius 2 is 2.47 bits per heavy atom. The van der Waals surface area contributed by atoms with E-state index >= 15 is 0 Å². The Kier molecular flexibility index (Phi) is 4.55. The lowest BCUT2D eigenvalue weighted by molar-refractivity contribution is -0.117. The van der Waals surface area contributed by atoms with E-state index in [0.717, 1.165) is 19.5 Å². The summed E-state index contributed by atoms with van der Waals surface area (Å²) < 4.78 is 1.93. The zero-order valence-electron chi connectivity index (χ0n) is 11.9. The van der Waals surface area contributed by atoms with Crippen molar-refractivity contribution >= 4 is 11.7 Å². The number of carbonyl (C=O) groups excluding carboxylic acids is 1. The molecule has 0 spiro atoms. The average Bonchev–Trinajstić information content (AvgIpc) is 2.97. The quantitative estimate of drug-likeness (QED) is 0.822. The van der Waals surface area contributed by atoms with E-state index in [1.165, 1.54) is 0 Å². The van der Waals surface area contributed by atoms with Gasteiger partial charge in [0.25, 0.3) is 0 Å². The minimum atomic E-state index is -0.0222. The van der Waals surface area contributed by atoms with E-state index in [2.05, 4.69) is 29.6 Å². The summed E-state index contributed by atoms with van der Waals surface area (Å²) in [6.45, 7) is 6.50. The summed E-state index contributed by atoms with van der Waals surface area (Å²) >= 11 is 0. The van der Waals surface area contributed by atoms with Crippen LogP contribution in [0.15, 0.2) is 12.3 Å². The lowest BCUT2D eigenvalue weighted by atomic mass is 10.3. The van der Waals surface area contributed by atoms with Gasteiger partial charge in [0.1, 0.15) is 0 Å². The van der Waals surface area contributed by atoms with Crippen molar-refractivity contribution in [3.05, 3.63) is 12.3 Å². The second-order valence-corrected chi connectivity index (χ2v) is 5.38. The van der Waals surface area contributed by atoms with Gasteiger partial charge in [-0.25, -0.2) is 0 Å². The molecule has 6 nitrogen and oxygen atoms in total. The number of likely N-dealkylation sites (N-methyl/N-ethyl adjacent to an activating group) is 1. The number of hydrogen-bond donors (Lipinski definition) is 2. The highest BCUT2D eigenvalue weighted by Crippen LogP contribution is 2.15. The van der Waals surface area contributed by atoms with Crippen LogP contribution in [0.1, 0.15) is 26.3 Å². The molecule has 0 radical (unpaired) electrons. The van der Waals surface area contributed by atoms with Gasteiger partial charge >= 0.3 is 0 Å². The molecular formula is C13H23N5O. The second kappa shape index (κ2) is 6.16. The number of aromatic nitrogens is 2. The molecule has 2 heterocycles. The standard InChI is InChI=1S/C13H23N5O/c1-10(2)17(3)9-13(19)15-12-5-7-18(16-12)11-4-6-14-8-11/h5,7,10-11,14H,4,6,8-9H2,1-3H3,(H,15,16,19).